The number of carbonyl (C=O) groups excluding carboxylic acids is 6. The van der Waals surface area contributed by atoms with Crippen LogP contribution in [0.4, 0.5) is 20.4 Å². The van der Waals surface area contributed by atoms with Crippen molar-refractivity contribution in [2.45, 2.75) is 137 Å². The number of anilines is 2. The van der Waals surface area contributed by atoms with E-state index < -0.39 is 44.7 Å². The Balaban J connectivity index is 0.000000109. The van der Waals surface area contributed by atoms with Crippen LogP contribution in [0.2, 0.25) is 0 Å². The number of ether oxygens (including phenoxy) is 13. The lowest BCUT2D eigenvalue weighted by atomic mass is 9.88. The molecule has 15 aromatic rings. The minimum Gasteiger partial charge on any atom is -0.497 e. The first-order valence-corrected chi connectivity index (χ1v) is 49.6. The minimum absolute atomic E-state index is 0.0267. The second-order valence-corrected chi connectivity index (χ2v) is 38.7. The lowest BCUT2D eigenvalue weighted by Crippen LogP contribution is -2.28. The van der Waals surface area contributed by atoms with Crippen LogP contribution in [-0.2, 0) is 75.0 Å². The molecule has 25 rings (SSSR count). The van der Waals surface area contributed by atoms with Gasteiger partial charge in [-0.2, -0.15) is 0 Å². The molecule has 5 aromatic heterocycles. The van der Waals surface area contributed by atoms with E-state index in [2.05, 4.69) is 99.9 Å². The molecule has 10 heterocycles. The van der Waals surface area contributed by atoms with Gasteiger partial charge in [0.1, 0.15) is 52.1 Å². The highest BCUT2D eigenvalue weighted by molar-refractivity contribution is 6.03. The van der Waals surface area contributed by atoms with Crippen molar-refractivity contribution < 1.29 is 99.1 Å². The second kappa shape index (κ2) is 41.4. The van der Waals surface area contributed by atoms with Crippen molar-refractivity contribution in [1.82, 2.24) is 24.9 Å². The van der Waals surface area contributed by atoms with E-state index in [1.165, 1.54) is 30.4 Å². The number of nitrogens with one attached hydrogen (secondary N) is 2. The Bertz CT molecular complexity index is 7690. The third-order valence-corrected chi connectivity index (χ3v) is 29.0. The molecule has 0 atom stereocenters. The summed E-state index contributed by atoms with van der Waals surface area (Å²) in [7, 11) is 4.58. The Hall–Kier alpha value is -17.2. The standard InChI is InChI=1S/C25H24N2O3.C25H23NO5.C24H20N2O5.C24H21NO3.C23H17F2NO3/c1-16(2)17-6-8-18(9-7-17)20-4-3-5-23(26-20)27-24(28)25(12-13-25)19-10-11-21-22(14-19)30-15-29-21;1-28-18-7-8-19(22(14-18)29-2)20-5-3-4-17(26-20)13-24(27)25(10-11-25)16-6-9-21-23(12-16)31-15-30-21;1-29-22(27)17-6-3-2-5-16(17)18-7-4-8-21(25-18)26-23(28)24(11-12-24)15-9-10-19-20(13-15)31-14-30-19;1-16-2-4-17(5-3-16)18-6-8-20(25-14-18)13-23(26)24(10-11-24)19-7-9-21-22(12-19)28-15-27-21;24-15-5-6-17(18(25)11-15)19-3-1-2-16(26-19)12-22(27)23(8-9-23)14-4-7-20-21(10-14)29-13-28-20/h3-11,14,16H,12-13,15H2,1-2H3,(H,26,27,28);3-9,12,14H,10-11,13,15H2,1-2H3;2-10,13H,11-12,14H2,1H3,(H,25,26,28);2-9,12,14H,10-11,13,15H2,1H3;1-7,10-11H,8-9,12-13H2. The molecule has 0 saturated heterocycles. The molecule has 5 saturated carbocycles. The van der Waals surface area contributed by atoms with Crippen molar-refractivity contribution in [3.05, 3.63) is 365 Å². The number of esters is 1. The van der Waals surface area contributed by atoms with Crippen LogP contribution in [0, 0.1) is 18.6 Å². The number of aromatic nitrogens is 5. The number of rotatable bonds is 27. The number of aryl methyl sites for hydroxylation is 1. The average Bonchev–Trinajstić information content (AvgIpc) is 1.61. The molecule has 0 radical (unpaired) electrons. The molecule has 2 N–H and O–H groups in total. The summed E-state index contributed by atoms with van der Waals surface area (Å²) < 4.78 is 97.1. The maximum absolute atomic E-state index is 14.1. The third-order valence-electron chi connectivity index (χ3n) is 29.0. The average molecular weight is 2000 g/mol. The number of benzene rings is 10. The smallest absolute Gasteiger partial charge is 0.338 e. The highest BCUT2D eigenvalue weighted by Crippen LogP contribution is 2.57. The van der Waals surface area contributed by atoms with Gasteiger partial charge in [0.2, 0.25) is 45.8 Å². The van der Waals surface area contributed by atoms with Gasteiger partial charge in [0, 0.05) is 82.5 Å². The van der Waals surface area contributed by atoms with Crippen molar-refractivity contribution in [1.29, 1.82) is 0 Å². The summed E-state index contributed by atoms with van der Waals surface area (Å²) in [4.78, 5) is 101. The van der Waals surface area contributed by atoms with Gasteiger partial charge in [0.05, 0.1) is 76.7 Å². The highest BCUT2D eigenvalue weighted by atomic mass is 19.1. The predicted octanol–water partition coefficient (Wildman–Crippen LogP) is 22.8. The van der Waals surface area contributed by atoms with E-state index >= 15 is 0 Å². The number of fused-ring (bicyclic) bond motifs is 5. The molecular formula is C121H105F2N7O19. The Labute approximate surface area is 858 Å². The molecular weight excluding hydrogens is 1890 g/mol. The summed E-state index contributed by atoms with van der Waals surface area (Å²) in [6.45, 7) is 7.52. The summed E-state index contributed by atoms with van der Waals surface area (Å²) in [6, 6.07) is 87.5. The van der Waals surface area contributed by atoms with Crippen LogP contribution in [0.1, 0.15) is 150 Å². The molecule has 0 unspecified atom stereocenters. The quantitative estimate of drug-likeness (QED) is 0.0452. The largest absolute Gasteiger partial charge is 0.497 e. The van der Waals surface area contributed by atoms with E-state index in [9.17, 15) is 37.5 Å². The van der Waals surface area contributed by atoms with Gasteiger partial charge in [-0.1, -0.05) is 147 Å². The Morgan fingerprint density at radius 3 is 1.15 bits per heavy atom. The van der Waals surface area contributed by atoms with Gasteiger partial charge in [-0.25, -0.2) is 23.5 Å². The topological polar surface area (TPSA) is 311 Å². The Morgan fingerprint density at radius 2 is 0.732 bits per heavy atom. The molecule has 752 valence electrons. The number of nitrogens with zero attached hydrogens (tertiary/aromatic N) is 5. The first-order chi connectivity index (χ1) is 72.5. The highest BCUT2D eigenvalue weighted by Gasteiger charge is 2.56. The molecule has 26 nitrogen and oxygen atoms in total. The minimum atomic E-state index is -0.681. The van der Waals surface area contributed by atoms with Gasteiger partial charge < -0.3 is 72.2 Å². The van der Waals surface area contributed by atoms with Crippen LogP contribution < -0.4 is 67.5 Å². The molecule has 0 bridgehead atoms. The Morgan fingerprint density at radius 1 is 0.342 bits per heavy atom. The number of amides is 2. The SMILES string of the molecule is CC(C)c1ccc(-c2cccc(NC(=O)C3(c4ccc5c(c4)OCO5)CC3)n2)cc1.COC(=O)c1ccccc1-c1cccc(NC(=O)C2(c3ccc4c(c3)OCO4)CC2)n1.COc1ccc(-c2cccc(CC(=O)C3(c4ccc5c(c4)OCO5)CC3)n2)c(OC)c1.Cc1ccc(-c2ccc(CC(=O)C3(c4ccc5c(c4)OCO5)CC3)nc2)cc1.O=C(Cc1cccc(-c2ccc(F)cc2F)n1)C1(c2ccc3c(c2)OCO3)CC1. The maximum Gasteiger partial charge on any atom is 0.338 e. The molecule has 10 aliphatic rings. The molecule has 149 heavy (non-hydrogen) atoms. The number of carbonyl (C=O) groups is 6. The fraction of sp³-hybridized carbons (Fsp3) is 0.248. The predicted molar refractivity (Wildman–Crippen MR) is 552 cm³/mol. The molecule has 5 aliphatic carbocycles. The van der Waals surface area contributed by atoms with Gasteiger partial charge in [0.15, 0.2) is 57.5 Å². The van der Waals surface area contributed by atoms with Gasteiger partial charge >= 0.3 is 5.97 Å². The second-order valence-electron chi connectivity index (χ2n) is 38.7. The van der Waals surface area contributed by atoms with E-state index in [-0.39, 0.29) is 81.5 Å². The molecule has 2 amide bonds. The van der Waals surface area contributed by atoms with E-state index in [1.807, 2.05) is 170 Å². The van der Waals surface area contributed by atoms with Crippen LogP contribution >= 0.6 is 0 Å². The molecule has 5 fully saturated rings. The Kier molecular flexibility index (Phi) is 27.2. The van der Waals surface area contributed by atoms with Crippen molar-refractivity contribution in [2.24, 2.45) is 0 Å². The van der Waals surface area contributed by atoms with E-state index in [0.717, 1.165) is 166 Å². The van der Waals surface area contributed by atoms with Crippen LogP contribution in [0.5, 0.6) is 69.0 Å². The zero-order valence-corrected chi connectivity index (χ0v) is 82.8. The zero-order valence-electron chi connectivity index (χ0n) is 82.8. The summed E-state index contributed by atoms with van der Waals surface area (Å²) in [6.07, 6.45) is 10.8. The lowest BCUT2D eigenvalue weighted by Gasteiger charge is -2.16. The van der Waals surface area contributed by atoms with Crippen molar-refractivity contribution in [3.63, 3.8) is 0 Å². The van der Waals surface area contributed by atoms with E-state index in [0.29, 0.717) is 98.2 Å². The summed E-state index contributed by atoms with van der Waals surface area (Å²) >= 11 is 0. The van der Waals surface area contributed by atoms with Gasteiger partial charge in [0.25, 0.3) is 0 Å². The lowest BCUT2D eigenvalue weighted by molar-refractivity contribution is -0.121. The maximum atomic E-state index is 14.1. The number of hydrogen-bond acceptors (Lipinski definition) is 24. The van der Waals surface area contributed by atoms with E-state index in [1.54, 1.807) is 68.8 Å². The first-order valence-electron chi connectivity index (χ1n) is 49.6. The van der Waals surface area contributed by atoms with Gasteiger partial charge in [-0.15, -0.1) is 0 Å². The van der Waals surface area contributed by atoms with Crippen molar-refractivity contribution >= 4 is 46.8 Å². The van der Waals surface area contributed by atoms with E-state index in [4.69, 9.17) is 66.6 Å². The zero-order chi connectivity index (χ0) is 103. The number of methoxy groups -OCH3 is 3. The fourth-order valence-electron chi connectivity index (χ4n) is 19.5. The fourth-order valence-corrected chi connectivity index (χ4v) is 19.5. The summed E-state index contributed by atoms with van der Waals surface area (Å²) in [5, 5.41) is 5.97. The molecule has 28 heteroatoms. The van der Waals surface area contributed by atoms with Crippen molar-refractivity contribution in [2.75, 3.05) is 65.9 Å². The number of ketones is 3. The number of Topliss-reactive ketones (excluding diaryl/α,β-unsaturated/α-hetero) is 3. The normalized spacial score (nSPS) is 15.7. The van der Waals surface area contributed by atoms with Crippen molar-refractivity contribution in [3.8, 4) is 125 Å². The van der Waals surface area contributed by atoms with Crippen LogP contribution in [-0.4, -0.2) is 115 Å². The number of halogens is 2. The summed E-state index contributed by atoms with van der Waals surface area (Å²) in [5.74, 6) is 8.51. The van der Waals surface area contributed by atoms with Crippen LogP contribution in [0.3, 0.4) is 0 Å². The molecule has 5 aliphatic heterocycles. The summed E-state index contributed by atoms with van der Waals surface area (Å²) in [5.41, 5.74) is 14.9. The molecule has 0 spiro atoms. The van der Waals surface area contributed by atoms with Crippen LogP contribution in [0.25, 0.3) is 56.2 Å². The monoisotopic (exact) mass is 2000 g/mol. The van der Waals surface area contributed by atoms with Crippen LogP contribution in [0.15, 0.2) is 291 Å². The van der Waals surface area contributed by atoms with Gasteiger partial charge in [-0.05, 0) is 262 Å². The third kappa shape index (κ3) is 20.7. The number of hydrogen-bond donors (Lipinski definition) is 2. The molecule has 10 aromatic carbocycles. The van der Waals surface area contributed by atoms with Gasteiger partial charge in [-0.3, -0.25) is 38.9 Å². The first kappa shape index (κ1) is 97.9. The number of pyridine rings is 5.